The molecule has 0 amide bonds. The first-order valence-corrected chi connectivity index (χ1v) is 9.84. The van der Waals surface area contributed by atoms with Crippen molar-refractivity contribution in [3.8, 4) is 41.4 Å². The van der Waals surface area contributed by atoms with E-state index in [2.05, 4.69) is 22.0 Å². The van der Waals surface area contributed by atoms with Crippen LogP contribution >= 0.6 is 0 Å². The Morgan fingerprint density at radius 1 is 1.28 bits per heavy atom. The average molecular weight is 425 g/mol. The van der Waals surface area contributed by atoms with Crippen LogP contribution in [0.5, 0.6) is 11.8 Å². The van der Waals surface area contributed by atoms with Crippen LogP contribution < -0.4 is 9.64 Å². The molecule has 0 bridgehead atoms. The summed E-state index contributed by atoms with van der Waals surface area (Å²) in [6.07, 6.45) is 7.95. The van der Waals surface area contributed by atoms with Crippen molar-refractivity contribution in [1.29, 1.82) is 5.26 Å². The summed E-state index contributed by atoms with van der Waals surface area (Å²) < 4.78 is 19.7. The Labute approximate surface area is 182 Å². The van der Waals surface area contributed by atoms with Crippen LogP contribution in [0.1, 0.15) is 12.0 Å². The number of nitriles is 1. The van der Waals surface area contributed by atoms with E-state index >= 15 is 0 Å². The third-order valence-electron chi connectivity index (χ3n) is 5.63. The molecule has 1 aliphatic heterocycles. The van der Waals surface area contributed by atoms with Crippen LogP contribution in [-0.4, -0.2) is 39.8 Å². The number of ether oxygens (including phenoxy) is 1. The molecule has 2 aromatic carbocycles. The van der Waals surface area contributed by atoms with E-state index in [9.17, 15) is 14.8 Å². The van der Waals surface area contributed by atoms with Gasteiger partial charge in [0.1, 0.15) is 23.4 Å². The molecule has 1 unspecified atom stereocenters. The summed E-state index contributed by atoms with van der Waals surface area (Å²) in [5.41, 5.74) is 1.51. The minimum Gasteiger partial charge on any atom is -0.508 e. The first-order chi connectivity index (χ1) is 15.5. The number of halogens is 1. The van der Waals surface area contributed by atoms with Crippen LogP contribution in [0.25, 0.3) is 32.9 Å². The van der Waals surface area contributed by atoms with Gasteiger partial charge in [-0.05, 0) is 36.1 Å². The largest absolute Gasteiger partial charge is 0.508 e. The van der Waals surface area contributed by atoms with Gasteiger partial charge in [0, 0.05) is 23.7 Å². The Morgan fingerprint density at radius 3 is 2.81 bits per heavy atom. The van der Waals surface area contributed by atoms with Crippen LogP contribution in [0.15, 0.2) is 36.5 Å². The highest BCUT2D eigenvalue weighted by molar-refractivity contribution is 6.03. The van der Waals surface area contributed by atoms with Crippen molar-refractivity contribution in [2.24, 2.45) is 0 Å². The lowest BCUT2D eigenvalue weighted by Gasteiger charge is -2.38. The molecular weight excluding hydrogens is 409 g/mol. The number of phenols is 1. The smallest absolute Gasteiger partial charge is 0.316 e. The van der Waals surface area contributed by atoms with Crippen molar-refractivity contribution < 1.29 is 14.2 Å². The van der Waals surface area contributed by atoms with Crippen molar-refractivity contribution in [3.63, 3.8) is 0 Å². The number of pyridine rings is 1. The molecule has 1 fully saturated rings. The second-order valence-corrected chi connectivity index (χ2v) is 7.41. The van der Waals surface area contributed by atoms with Crippen molar-refractivity contribution in [2.75, 3.05) is 18.6 Å². The molecule has 2 aromatic heterocycles. The van der Waals surface area contributed by atoms with Gasteiger partial charge >= 0.3 is 6.01 Å². The fraction of sp³-hybridized carbons (Fsp3) is 0.167. The topological polar surface area (TPSA) is 95.2 Å². The first kappa shape index (κ1) is 19.5. The van der Waals surface area contributed by atoms with Crippen molar-refractivity contribution in [2.45, 2.75) is 12.5 Å². The number of fused-ring (bicyclic) bond motifs is 2. The molecule has 8 heteroatoms. The lowest BCUT2D eigenvalue weighted by molar-refractivity contribution is 0.382. The monoisotopic (exact) mass is 425 g/mol. The molecule has 0 saturated carbocycles. The van der Waals surface area contributed by atoms with Crippen LogP contribution in [0.2, 0.25) is 0 Å². The van der Waals surface area contributed by atoms with E-state index in [1.807, 2.05) is 4.90 Å². The van der Waals surface area contributed by atoms with E-state index in [1.54, 1.807) is 18.3 Å². The number of hydrogen-bond acceptors (Lipinski definition) is 7. The second kappa shape index (κ2) is 7.36. The van der Waals surface area contributed by atoms with Gasteiger partial charge < -0.3 is 14.7 Å². The number of rotatable bonds is 3. The predicted molar refractivity (Wildman–Crippen MR) is 118 cm³/mol. The fourth-order valence-corrected chi connectivity index (χ4v) is 3.99. The van der Waals surface area contributed by atoms with Gasteiger partial charge in [0.2, 0.25) is 0 Å². The maximum atomic E-state index is 14.5. The number of terminal acetylenes is 1. The van der Waals surface area contributed by atoms with Crippen molar-refractivity contribution >= 4 is 27.5 Å². The highest BCUT2D eigenvalue weighted by Crippen LogP contribution is 2.39. The van der Waals surface area contributed by atoms with Gasteiger partial charge in [-0.2, -0.15) is 10.2 Å². The van der Waals surface area contributed by atoms with Crippen LogP contribution in [0, 0.1) is 29.5 Å². The van der Waals surface area contributed by atoms with Gasteiger partial charge in [-0.3, -0.25) is 0 Å². The molecule has 5 rings (SSSR count). The molecule has 156 valence electrons. The Bertz CT molecular complexity index is 1490. The first-order valence-electron chi connectivity index (χ1n) is 9.84. The predicted octanol–water partition coefficient (Wildman–Crippen LogP) is 3.78. The summed E-state index contributed by atoms with van der Waals surface area (Å²) >= 11 is 0. The highest BCUT2D eigenvalue weighted by atomic mass is 19.1. The van der Waals surface area contributed by atoms with Gasteiger partial charge in [-0.15, -0.1) is 6.42 Å². The van der Waals surface area contributed by atoms with Crippen molar-refractivity contribution in [3.05, 3.63) is 47.9 Å². The van der Waals surface area contributed by atoms with Crippen LogP contribution in [0.3, 0.4) is 0 Å². The SMILES string of the molecule is C#Cc1c(F)ccc2cc(O)cc(-c3cc4nc(OC)ncc4c(N4CCC4C#N)n3)c12. The zero-order chi connectivity index (χ0) is 22.4. The molecule has 0 aliphatic carbocycles. The summed E-state index contributed by atoms with van der Waals surface area (Å²) in [6.45, 7) is 0.654. The third-order valence-corrected chi connectivity index (χ3v) is 5.63. The number of nitrogens with zero attached hydrogens (tertiary/aromatic N) is 5. The maximum Gasteiger partial charge on any atom is 0.316 e. The summed E-state index contributed by atoms with van der Waals surface area (Å²) in [6, 6.07) is 9.69. The zero-order valence-corrected chi connectivity index (χ0v) is 17.0. The van der Waals surface area contributed by atoms with Gasteiger partial charge in [-0.1, -0.05) is 12.0 Å². The van der Waals surface area contributed by atoms with Gasteiger partial charge in [0.05, 0.1) is 35.3 Å². The molecule has 32 heavy (non-hydrogen) atoms. The van der Waals surface area contributed by atoms with E-state index in [4.69, 9.17) is 16.1 Å². The van der Waals surface area contributed by atoms with E-state index in [0.29, 0.717) is 45.3 Å². The number of phenolic OH excluding ortho intramolecular Hbond substituents is 1. The van der Waals surface area contributed by atoms with Gasteiger partial charge in [-0.25, -0.2) is 14.4 Å². The molecule has 4 aromatic rings. The summed E-state index contributed by atoms with van der Waals surface area (Å²) in [5, 5.41) is 21.5. The Balaban J connectivity index is 1.86. The molecule has 1 saturated heterocycles. The maximum absolute atomic E-state index is 14.5. The fourth-order valence-electron chi connectivity index (χ4n) is 3.99. The zero-order valence-electron chi connectivity index (χ0n) is 17.0. The molecule has 1 N–H and O–H groups in total. The Hall–Kier alpha value is -4.43. The van der Waals surface area contributed by atoms with Gasteiger partial charge in [0.15, 0.2) is 0 Å². The number of methoxy groups -OCH3 is 1. The van der Waals surface area contributed by atoms with E-state index < -0.39 is 5.82 Å². The minimum atomic E-state index is -0.538. The molecule has 7 nitrogen and oxygen atoms in total. The number of hydrogen-bond donors (Lipinski definition) is 1. The lowest BCUT2D eigenvalue weighted by Crippen LogP contribution is -2.47. The standard InChI is InChI=1S/C24H16FN5O2/c1-3-16-19(25)5-4-13-8-15(31)9-17(22(13)16)20-10-21-18(12-27-24(29-21)32-2)23(28-20)30-7-6-14(30)11-26/h1,4-5,8-10,12,14,31H,6-7H2,2H3. The van der Waals surface area contributed by atoms with Crippen LogP contribution in [-0.2, 0) is 0 Å². The highest BCUT2D eigenvalue weighted by Gasteiger charge is 2.31. The molecule has 1 atom stereocenters. The molecule has 0 radical (unpaired) electrons. The van der Waals surface area contributed by atoms with Crippen molar-refractivity contribution in [1.82, 2.24) is 15.0 Å². The molecule has 1 aliphatic rings. The molecule has 3 heterocycles. The Morgan fingerprint density at radius 2 is 2.12 bits per heavy atom. The lowest BCUT2D eigenvalue weighted by atomic mass is 9.95. The minimum absolute atomic E-state index is 0.00959. The third kappa shape index (κ3) is 2.93. The average Bonchev–Trinajstić information content (AvgIpc) is 2.77. The quantitative estimate of drug-likeness (QED) is 0.499. The van der Waals surface area contributed by atoms with Gasteiger partial charge in [0.25, 0.3) is 0 Å². The normalized spacial score (nSPS) is 15.2. The number of anilines is 1. The number of aromatic nitrogens is 3. The molecular formula is C24H16FN5O2. The summed E-state index contributed by atoms with van der Waals surface area (Å²) in [4.78, 5) is 15.3. The second-order valence-electron chi connectivity index (χ2n) is 7.41. The summed E-state index contributed by atoms with van der Waals surface area (Å²) in [5.74, 6) is 2.40. The Kier molecular flexibility index (Phi) is 4.49. The van der Waals surface area contributed by atoms with E-state index in [1.165, 1.54) is 25.3 Å². The molecule has 0 spiro atoms. The van der Waals surface area contributed by atoms with E-state index in [0.717, 1.165) is 6.42 Å². The number of aromatic hydroxyl groups is 1. The number of benzene rings is 2. The van der Waals surface area contributed by atoms with Crippen LogP contribution in [0.4, 0.5) is 10.2 Å². The van der Waals surface area contributed by atoms with E-state index in [-0.39, 0.29) is 23.4 Å². The summed E-state index contributed by atoms with van der Waals surface area (Å²) in [7, 11) is 1.47.